The summed E-state index contributed by atoms with van der Waals surface area (Å²) in [6, 6.07) is 1.89. The average Bonchev–Trinajstić information content (AvgIpc) is 2.88. The summed E-state index contributed by atoms with van der Waals surface area (Å²) in [5.74, 6) is -1.13. The first kappa shape index (κ1) is 17.1. The first-order valence-electron chi connectivity index (χ1n) is 7.68. The topological polar surface area (TPSA) is 62.5 Å². The van der Waals surface area contributed by atoms with Crippen LogP contribution in [0.4, 0.5) is 0 Å². The molecule has 0 saturated heterocycles. The number of hydrogen-bond acceptors (Lipinski definition) is 2. The smallest absolute Gasteiger partial charge is 0.329 e. The predicted molar refractivity (Wildman–Crippen MR) is 88.1 cm³/mol. The Morgan fingerprint density at radius 3 is 2.41 bits per heavy atom. The second kappa shape index (κ2) is 6.44. The van der Waals surface area contributed by atoms with E-state index in [1.54, 1.807) is 13.1 Å². The summed E-state index contributed by atoms with van der Waals surface area (Å²) in [4.78, 5) is 26.2. The zero-order chi connectivity index (χ0) is 16.5. The van der Waals surface area contributed by atoms with Gasteiger partial charge in [0.15, 0.2) is 0 Å². The van der Waals surface area contributed by atoms with Crippen LogP contribution in [-0.2, 0) is 4.79 Å². The van der Waals surface area contributed by atoms with Crippen LogP contribution in [0.2, 0.25) is 0 Å². The van der Waals surface area contributed by atoms with Crippen LogP contribution in [0, 0.1) is 0 Å². The van der Waals surface area contributed by atoms with Gasteiger partial charge >= 0.3 is 5.97 Å². The zero-order valence-corrected chi connectivity index (χ0v) is 14.9. The SMILES string of the molecule is CC(C)n1cc(Br)cc1C(=O)N(C)C1(C(=O)O)CCCCC1. The number of carboxylic acid groups (broad SMARTS) is 1. The Kier molecular flexibility index (Phi) is 5.00. The third-order valence-electron chi connectivity index (χ3n) is 4.62. The van der Waals surface area contributed by atoms with Crippen LogP contribution in [0.3, 0.4) is 0 Å². The summed E-state index contributed by atoms with van der Waals surface area (Å²) >= 11 is 3.40. The number of aromatic nitrogens is 1. The second-order valence-corrected chi connectivity index (χ2v) is 7.22. The van der Waals surface area contributed by atoms with E-state index in [1.807, 2.05) is 24.6 Å². The molecule has 1 N–H and O–H groups in total. The monoisotopic (exact) mass is 370 g/mol. The van der Waals surface area contributed by atoms with E-state index in [4.69, 9.17) is 0 Å². The van der Waals surface area contributed by atoms with Crippen molar-refractivity contribution < 1.29 is 14.7 Å². The zero-order valence-electron chi connectivity index (χ0n) is 13.3. The van der Waals surface area contributed by atoms with Gasteiger partial charge in [0.1, 0.15) is 11.2 Å². The number of carbonyl (C=O) groups excluding carboxylic acids is 1. The fourth-order valence-corrected chi connectivity index (χ4v) is 3.68. The Bertz CT molecular complexity index is 574. The number of halogens is 1. The molecule has 1 aliphatic carbocycles. The standard InChI is InChI=1S/C16H23BrN2O3/c1-11(2)19-10-12(17)9-13(19)14(20)18(3)16(15(21)22)7-5-4-6-8-16/h9-11H,4-8H2,1-3H3,(H,21,22). The van der Waals surface area contributed by atoms with Crippen LogP contribution in [0.5, 0.6) is 0 Å². The molecule has 0 aliphatic heterocycles. The summed E-state index contributed by atoms with van der Waals surface area (Å²) < 4.78 is 2.70. The van der Waals surface area contributed by atoms with Gasteiger partial charge in [-0.1, -0.05) is 19.3 Å². The molecule has 0 bridgehead atoms. The molecule has 22 heavy (non-hydrogen) atoms. The Morgan fingerprint density at radius 1 is 1.32 bits per heavy atom. The molecule has 0 unspecified atom stereocenters. The lowest BCUT2D eigenvalue weighted by molar-refractivity contribution is -0.151. The van der Waals surface area contributed by atoms with Crippen molar-refractivity contribution >= 4 is 27.8 Å². The van der Waals surface area contributed by atoms with Crippen molar-refractivity contribution in [3.05, 3.63) is 22.4 Å². The van der Waals surface area contributed by atoms with Crippen LogP contribution in [-0.4, -0.2) is 39.0 Å². The van der Waals surface area contributed by atoms with Crippen molar-refractivity contribution in [3.63, 3.8) is 0 Å². The summed E-state index contributed by atoms with van der Waals surface area (Å²) in [6.45, 7) is 3.99. The Balaban J connectivity index is 2.37. The van der Waals surface area contributed by atoms with Crippen molar-refractivity contribution in [1.29, 1.82) is 0 Å². The number of nitrogens with zero attached hydrogens (tertiary/aromatic N) is 2. The van der Waals surface area contributed by atoms with Gasteiger partial charge in [0.05, 0.1) is 0 Å². The molecule has 6 heteroatoms. The molecule has 5 nitrogen and oxygen atoms in total. The highest BCUT2D eigenvalue weighted by Crippen LogP contribution is 2.34. The van der Waals surface area contributed by atoms with E-state index >= 15 is 0 Å². The Hall–Kier alpha value is -1.30. The van der Waals surface area contributed by atoms with Crippen molar-refractivity contribution in [2.75, 3.05) is 7.05 Å². The largest absolute Gasteiger partial charge is 0.479 e. The molecule has 1 heterocycles. The molecular formula is C16H23BrN2O3. The van der Waals surface area contributed by atoms with Crippen LogP contribution in [0.1, 0.15) is 62.5 Å². The predicted octanol–water partition coefficient (Wildman–Crippen LogP) is 3.69. The molecule has 1 amide bonds. The average molecular weight is 371 g/mol. The highest BCUT2D eigenvalue weighted by molar-refractivity contribution is 9.10. The molecule has 1 aliphatic rings. The lowest BCUT2D eigenvalue weighted by Crippen LogP contribution is -2.56. The van der Waals surface area contributed by atoms with Crippen molar-refractivity contribution in [3.8, 4) is 0 Å². The maximum atomic E-state index is 12.9. The molecule has 122 valence electrons. The number of rotatable bonds is 4. The summed E-state index contributed by atoms with van der Waals surface area (Å²) in [6.07, 6.45) is 5.63. The molecular weight excluding hydrogens is 348 g/mol. The summed E-state index contributed by atoms with van der Waals surface area (Å²) in [5.41, 5.74) is -0.552. The Morgan fingerprint density at radius 2 is 1.91 bits per heavy atom. The van der Waals surface area contributed by atoms with Crippen molar-refractivity contribution in [2.24, 2.45) is 0 Å². The van der Waals surface area contributed by atoms with Crippen LogP contribution >= 0.6 is 15.9 Å². The van der Waals surface area contributed by atoms with Crippen LogP contribution in [0.15, 0.2) is 16.7 Å². The molecule has 0 aromatic carbocycles. The van der Waals surface area contributed by atoms with Gasteiger partial charge in [-0.25, -0.2) is 4.79 Å². The highest BCUT2D eigenvalue weighted by atomic mass is 79.9. The number of likely N-dealkylation sites (N-methyl/N-ethyl adjacent to an activating group) is 1. The van der Waals surface area contributed by atoms with Crippen LogP contribution < -0.4 is 0 Å². The first-order valence-corrected chi connectivity index (χ1v) is 8.48. The quantitative estimate of drug-likeness (QED) is 0.878. The first-order chi connectivity index (χ1) is 10.3. The molecule has 1 aromatic heterocycles. The van der Waals surface area contributed by atoms with E-state index in [0.29, 0.717) is 18.5 Å². The summed E-state index contributed by atoms with van der Waals surface area (Å²) in [5, 5.41) is 9.73. The van der Waals surface area contributed by atoms with E-state index in [-0.39, 0.29) is 11.9 Å². The number of aliphatic carboxylic acids is 1. The lowest BCUT2D eigenvalue weighted by atomic mass is 9.80. The minimum Gasteiger partial charge on any atom is -0.479 e. The van der Waals surface area contributed by atoms with Crippen molar-refractivity contribution in [1.82, 2.24) is 9.47 Å². The van der Waals surface area contributed by atoms with E-state index in [2.05, 4.69) is 15.9 Å². The van der Waals surface area contributed by atoms with Crippen LogP contribution in [0.25, 0.3) is 0 Å². The summed E-state index contributed by atoms with van der Waals surface area (Å²) in [7, 11) is 1.62. The fourth-order valence-electron chi connectivity index (χ4n) is 3.24. The third-order valence-corrected chi connectivity index (χ3v) is 5.05. The maximum Gasteiger partial charge on any atom is 0.329 e. The maximum absolute atomic E-state index is 12.9. The van der Waals surface area contributed by atoms with E-state index in [1.165, 1.54) is 4.90 Å². The number of amides is 1. The third kappa shape index (κ3) is 2.93. The molecule has 0 spiro atoms. The van der Waals surface area contributed by atoms with Gasteiger partial charge in [0.2, 0.25) is 0 Å². The highest BCUT2D eigenvalue weighted by Gasteiger charge is 2.46. The fraction of sp³-hybridized carbons (Fsp3) is 0.625. The van der Waals surface area contributed by atoms with E-state index in [0.717, 1.165) is 23.7 Å². The molecule has 0 atom stereocenters. The van der Waals surface area contributed by atoms with Gasteiger partial charge < -0.3 is 14.6 Å². The van der Waals surface area contributed by atoms with Gasteiger partial charge in [-0.3, -0.25) is 4.79 Å². The van der Waals surface area contributed by atoms with Gasteiger partial charge in [0.25, 0.3) is 5.91 Å². The number of carbonyl (C=O) groups is 2. The molecule has 2 rings (SSSR count). The second-order valence-electron chi connectivity index (χ2n) is 6.31. The van der Waals surface area contributed by atoms with Gasteiger partial charge in [0, 0.05) is 23.8 Å². The van der Waals surface area contributed by atoms with Gasteiger partial charge in [-0.05, 0) is 48.7 Å². The lowest BCUT2D eigenvalue weighted by Gasteiger charge is -2.41. The normalized spacial score (nSPS) is 17.5. The minimum atomic E-state index is -1.08. The molecule has 1 fully saturated rings. The van der Waals surface area contributed by atoms with E-state index in [9.17, 15) is 14.7 Å². The molecule has 0 radical (unpaired) electrons. The number of carboxylic acids is 1. The molecule has 1 aromatic rings. The van der Waals surface area contributed by atoms with Gasteiger partial charge in [-0.2, -0.15) is 0 Å². The Labute approximate surface area is 139 Å². The van der Waals surface area contributed by atoms with Crippen molar-refractivity contribution in [2.45, 2.75) is 57.5 Å². The minimum absolute atomic E-state index is 0.130. The van der Waals surface area contributed by atoms with E-state index < -0.39 is 11.5 Å². The molecule has 1 saturated carbocycles. The number of hydrogen-bond donors (Lipinski definition) is 1. The van der Waals surface area contributed by atoms with Gasteiger partial charge in [-0.15, -0.1) is 0 Å².